The van der Waals surface area contributed by atoms with E-state index in [0.29, 0.717) is 19.6 Å². The highest BCUT2D eigenvalue weighted by Crippen LogP contribution is 2.34. The number of amides is 1. The molecule has 0 radical (unpaired) electrons. The first-order valence-electron chi connectivity index (χ1n) is 8.00. The Kier molecular flexibility index (Phi) is 5.42. The first kappa shape index (κ1) is 18.6. The largest absolute Gasteiger partial charge is 0.495 e. The first-order valence-corrected chi connectivity index (χ1v) is 10.1. The fraction of sp³-hybridized carbons (Fsp3) is 0.588. The van der Waals surface area contributed by atoms with Crippen molar-refractivity contribution in [3.63, 3.8) is 0 Å². The molecule has 2 rings (SSSR count). The highest BCUT2D eigenvalue weighted by Gasteiger charge is 2.36. The Morgan fingerprint density at radius 3 is 2.50 bits per heavy atom. The van der Waals surface area contributed by atoms with Crippen LogP contribution in [0.2, 0.25) is 0 Å². The first-order chi connectivity index (χ1) is 11.1. The smallest absolute Gasteiger partial charge is 0.223 e. The summed E-state index contributed by atoms with van der Waals surface area (Å²) in [5.41, 5.74) is 0.737. The van der Waals surface area contributed by atoms with E-state index in [1.165, 1.54) is 0 Å². The lowest BCUT2D eigenvalue weighted by atomic mass is 9.97. The Balaban J connectivity index is 2.11. The number of rotatable bonds is 5. The maximum atomic E-state index is 12.3. The summed E-state index contributed by atoms with van der Waals surface area (Å²) in [6.07, 6.45) is 1.20. The minimum Gasteiger partial charge on any atom is -0.495 e. The topological polar surface area (TPSA) is 66.9 Å². The minimum absolute atomic E-state index is 0.0452. The molecule has 1 aliphatic rings. The van der Waals surface area contributed by atoms with Crippen molar-refractivity contribution >= 4 is 21.4 Å². The van der Waals surface area contributed by atoms with Crippen molar-refractivity contribution < 1.29 is 17.9 Å². The monoisotopic (exact) mass is 354 g/mol. The van der Waals surface area contributed by atoms with E-state index in [4.69, 9.17) is 4.74 Å². The van der Waals surface area contributed by atoms with E-state index in [2.05, 4.69) is 18.7 Å². The molecule has 134 valence electrons. The highest BCUT2D eigenvalue weighted by atomic mass is 32.2. The molecule has 0 bridgehead atoms. The standard InChI is InChI=1S/C17H26N2O4S/c1-17(2)13-18(16(20)9-12-24(4,21)22)10-11-19(17)14-7-5-6-8-15(14)23-3/h5-8H,9-13H2,1-4H3. The van der Waals surface area contributed by atoms with Crippen molar-refractivity contribution in [1.82, 2.24) is 4.90 Å². The molecular weight excluding hydrogens is 328 g/mol. The number of hydrogen-bond acceptors (Lipinski definition) is 5. The average Bonchev–Trinajstić information content (AvgIpc) is 2.51. The Morgan fingerprint density at radius 1 is 1.25 bits per heavy atom. The number of hydrogen-bond donors (Lipinski definition) is 0. The van der Waals surface area contributed by atoms with Gasteiger partial charge in [-0.2, -0.15) is 0 Å². The molecule has 0 saturated carbocycles. The van der Waals surface area contributed by atoms with Crippen LogP contribution in [0, 0.1) is 0 Å². The van der Waals surface area contributed by atoms with Crippen LogP contribution in [0.1, 0.15) is 20.3 Å². The van der Waals surface area contributed by atoms with E-state index in [1.54, 1.807) is 12.0 Å². The van der Waals surface area contributed by atoms with E-state index in [1.807, 2.05) is 24.3 Å². The molecular formula is C17H26N2O4S. The number of methoxy groups -OCH3 is 1. The summed E-state index contributed by atoms with van der Waals surface area (Å²) < 4.78 is 28.0. The summed E-state index contributed by atoms with van der Waals surface area (Å²) in [6, 6.07) is 7.84. The van der Waals surface area contributed by atoms with E-state index in [-0.39, 0.29) is 23.6 Å². The van der Waals surface area contributed by atoms with Crippen LogP contribution in [0.5, 0.6) is 5.75 Å². The van der Waals surface area contributed by atoms with Gasteiger partial charge < -0.3 is 14.5 Å². The Bertz CT molecular complexity index is 700. The van der Waals surface area contributed by atoms with Gasteiger partial charge >= 0.3 is 0 Å². The molecule has 0 aliphatic carbocycles. The van der Waals surface area contributed by atoms with Crippen molar-refractivity contribution in [2.24, 2.45) is 0 Å². The van der Waals surface area contributed by atoms with Crippen molar-refractivity contribution in [3.8, 4) is 5.75 Å². The van der Waals surface area contributed by atoms with Crippen molar-refractivity contribution in [2.75, 3.05) is 43.7 Å². The fourth-order valence-electron chi connectivity index (χ4n) is 3.10. The zero-order valence-electron chi connectivity index (χ0n) is 14.8. The average molecular weight is 354 g/mol. The van der Waals surface area contributed by atoms with Crippen LogP contribution in [0.3, 0.4) is 0 Å². The number of para-hydroxylation sites is 2. The second-order valence-corrected chi connectivity index (χ2v) is 9.09. The number of carbonyl (C=O) groups is 1. The van der Waals surface area contributed by atoms with Gasteiger partial charge in [0.1, 0.15) is 15.6 Å². The SMILES string of the molecule is COc1ccccc1N1CCN(C(=O)CCS(C)(=O)=O)CC1(C)C. The molecule has 0 unspecified atom stereocenters. The van der Waals surface area contributed by atoms with Gasteiger partial charge in [0.15, 0.2) is 0 Å². The van der Waals surface area contributed by atoms with E-state index >= 15 is 0 Å². The Hall–Kier alpha value is -1.76. The number of nitrogens with zero attached hydrogens (tertiary/aromatic N) is 2. The second kappa shape index (κ2) is 7.01. The van der Waals surface area contributed by atoms with Crippen LogP contribution in [0.4, 0.5) is 5.69 Å². The van der Waals surface area contributed by atoms with E-state index < -0.39 is 9.84 Å². The molecule has 6 nitrogen and oxygen atoms in total. The number of ether oxygens (including phenoxy) is 1. The van der Waals surface area contributed by atoms with Crippen LogP contribution in [-0.4, -0.2) is 63.5 Å². The van der Waals surface area contributed by atoms with Crippen molar-refractivity contribution in [3.05, 3.63) is 24.3 Å². The fourth-order valence-corrected chi connectivity index (χ4v) is 3.64. The number of benzene rings is 1. The lowest BCUT2D eigenvalue weighted by Crippen LogP contribution is -2.60. The van der Waals surface area contributed by atoms with E-state index in [0.717, 1.165) is 17.7 Å². The van der Waals surface area contributed by atoms with Crippen LogP contribution in [0.25, 0.3) is 0 Å². The molecule has 0 aromatic heterocycles. The molecule has 1 aliphatic heterocycles. The van der Waals surface area contributed by atoms with Crippen LogP contribution in [-0.2, 0) is 14.6 Å². The maximum Gasteiger partial charge on any atom is 0.223 e. The zero-order chi connectivity index (χ0) is 18.0. The third kappa shape index (κ3) is 4.41. The molecule has 1 aromatic rings. The molecule has 1 fully saturated rings. The number of piperazine rings is 1. The van der Waals surface area contributed by atoms with Gasteiger partial charge in [-0.05, 0) is 26.0 Å². The predicted octanol–water partition coefficient (Wildman–Crippen LogP) is 1.56. The quantitative estimate of drug-likeness (QED) is 0.803. The number of anilines is 1. The summed E-state index contributed by atoms with van der Waals surface area (Å²) >= 11 is 0. The summed E-state index contributed by atoms with van der Waals surface area (Å²) in [6.45, 7) is 5.96. The minimum atomic E-state index is -3.12. The molecule has 0 atom stereocenters. The van der Waals surface area contributed by atoms with Crippen LogP contribution >= 0.6 is 0 Å². The summed E-state index contributed by atoms with van der Waals surface area (Å²) in [5, 5.41) is 0. The van der Waals surface area contributed by atoms with E-state index in [9.17, 15) is 13.2 Å². The van der Waals surface area contributed by atoms with Crippen molar-refractivity contribution in [2.45, 2.75) is 25.8 Å². The molecule has 1 saturated heterocycles. The van der Waals surface area contributed by atoms with Crippen LogP contribution < -0.4 is 9.64 Å². The summed E-state index contributed by atoms with van der Waals surface area (Å²) in [5.74, 6) is 0.606. The van der Waals surface area contributed by atoms with Gasteiger partial charge in [-0.1, -0.05) is 12.1 Å². The maximum absolute atomic E-state index is 12.3. The van der Waals surface area contributed by atoms with Gasteiger partial charge in [-0.3, -0.25) is 4.79 Å². The molecule has 24 heavy (non-hydrogen) atoms. The number of sulfone groups is 1. The summed E-state index contributed by atoms with van der Waals surface area (Å²) in [7, 11) is -1.47. The van der Waals surface area contributed by atoms with Gasteiger partial charge in [0, 0.05) is 32.3 Å². The summed E-state index contributed by atoms with van der Waals surface area (Å²) in [4.78, 5) is 16.3. The molecule has 1 heterocycles. The molecule has 0 spiro atoms. The molecule has 1 aromatic carbocycles. The van der Waals surface area contributed by atoms with Crippen molar-refractivity contribution in [1.29, 1.82) is 0 Å². The highest BCUT2D eigenvalue weighted by molar-refractivity contribution is 7.90. The zero-order valence-corrected chi connectivity index (χ0v) is 15.6. The third-order valence-corrected chi connectivity index (χ3v) is 5.26. The number of carbonyl (C=O) groups excluding carboxylic acids is 1. The molecule has 1 amide bonds. The Morgan fingerprint density at radius 2 is 1.92 bits per heavy atom. The normalized spacial score (nSPS) is 17.7. The molecule has 7 heteroatoms. The lowest BCUT2D eigenvalue weighted by molar-refractivity contribution is -0.132. The Labute approximate surface area is 144 Å². The predicted molar refractivity (Wildman–Crippen MR) is 95.3 cm³/mol. The van der Waals surface area contributed by atoms with Gasteiger partial charge in [0.05, 0.1) is 24.1 Å². The molecule has 0 N–H and O–H groups in total. The second-order valence-electron chi connectivity index (χ2n) is 6.83. The third-order valence-electron chi connectivity index (χ3n) is 4.32. The van der Waals surface area contributed by atoms with Gasteiger partial charge in [-0.15, -0.1) is 0 Å². The van der Waals surface area contributed by atoms with Gasteiger partial charge in [0.2, 0.25) is 5.91 Å². The van der Waals surface area contributed by atoms with Gasteiger partial charge in [-0.25, -0.2) is 8.42 Å². The van der Waals surface area contributed by atoms with Crippen LogP contribution in [0.15, 0.2) is 24.3 Å². The lowest BCUT2D eigenvalue weighted by Gasteiger charge is -2.48. The van der Waals surface area contributed by atoms with Gasteiger partial charge in [0.25, 0.3) is 0 Å².